The highest BCUT2D eigenvalue weighted by molar-refractivity contribution is 14.0. The van der Waals surface area contributed by atoms with Crippen molar-refractivity contribution in [3.63, 3.8) is 0 Å². The average Bonchev–Trinajstić information content (AvgIpc) is 3.21. The van der Waals surface area contributed by atoms with Gasteiger partial charge < -0.3 is 19.5 Å². The number of aliphatic imine (C=N–C) groups is 1. The molecule has 3 unspecified atom stereocenters. The molecule has 6 nitrogen and oxygen atoms in total. The number of guanidine groups is 1. The Morgan fingerprint density at radius 1 is 1.50 bits per heavy atom. The molecule has 0 saturated carbocycles. The topological polar surface area (TPSA) is 54.7 Å². The largest absolute Gasteiger partial charge is 0.381 e. The zero-order chi connectivity index (χ0) is 16.3. The molecule has 136 valence electrons. The highest BCUT2D eigenvalue weighted by atomic mass is 127. The summed E-state index contributed by atoms with van der Waals surface area (Å²) < 4.78 is 7.78. The molecule has 0 bridgehead atoms. The second-order valence-electron chi connectivity index (χ2n) is 7.30. The lowest BCUT2D eigenvalue weighted by Crippen LogP contribution is -2.50. The number of rotatable bonds is 3. The summed E-state index contributed by atoms with van der Waals surface area (Å²) in [5.41, 5.74) is 0.225. The molecule has 2 saturated heterocycles. The first-order valence-electron chi connectivity index (χ1n) is 8.62. The maximum absolute atomic E-state index is 5.55. The van der Waals surface area contributed by atoms with E-state index in [4.69, 9.17) is 4.74 Å². The van der Waals surface area contributed by atoms with Gasteiger partial charge in [0.2, 0.25) is 0 Å². The molecule has 0 aliphatic carbocycles. The van der Waals surface area contributed by atoms with Crippen LogP contribution in [-0.2, 0) is 4.74 Å². The van der Waals surface area contributed by atoms with Crippen molar-refractivity contribution >= 4 is 29.9 Å². The summed E-state index contributed by atoms with van der Waals surface area (Å²) in [6.07, 6.45) is 8.14. The third-order valence-electron chi connectivity index (χ3n) is 5.31. The number of nitrogens with zero attached hydrogens (tertiary/aromatic N) is 4. The first kappa shape index (κ1) is 19.5. The Bertz CT molecular complexity index is 527. The number of ether oxygens (including phenoxy) is 1. The fourth-order valence-electron chi connectivity index (χ4n) is 3.57. The van der Waals surface area contributed by atoms with E-state index in [0.717, 1.165) is 45.2 Å². The highest BCUT2D eigenvalue weighted by Gasteiger charge is 2.32. The van der Waals surface area contributed by atoms with Gasteiger partial charge in [-0.3, -0.25) is 4.99 Å². The van der Waals surface area contributed by atoms with E-state index in [0.29, 0.717) is 12.0 Å². The Kier molecular flexibility index (Phi) is 6.91. The summed E-state index contributed by atoms with van der Waals surface area (Å²) >= 11 is 0. The van der Waals surface area contributed by atoms with Gasteiger partial charge in [-0.2, -0.15) is 0 Å². The zero-order valence-corrected chi connectivity index (χ0v) is 17.3. The Hall–Kier alpha value is -0.830. The van der Waals surface area contributed by atoms with Gasteiger partial charge in [-0.05, 0) is 18.8 Å². The summed E-state index contributed by atoms with van der Waals surface area (Å²) in [6, 6.07) is 0.454. The molecule has 2 aliphatic rings. The molecule has 0 aromatic carbocycles. The van der Waals surface area contributed by atoms with Crippen LogP contribution in [0.3, 0.4) is 0 Å². The first-order chi connectivity index (χ1) is 11.1. The lowest BCUT2D eigenvalue weighted by molar-refractivity contribution is 0.158. The minimum Gasteiger partial charge on any atom is -0.381 e. The number of hydrogen-bond donors (Lipinski definition) is 1. The number of imidazole rings is 1. The second-order valence-corrected chi connectivity index (χ2v) is 7.30. The van der Waals surface area contributed by atoms with Crippen LogP contribution >= 0.6 is 24.0 Å². The smallest absolute Gasteiger partial charge is 0.193 e. The van der Waals surface area contributed by atoms with Crippen LogP contribution in [0.25, 0.3) is 0 Å². The van der Waals surface area contributed by atoms with Crippen LogP contribution in [0.1, 0.15) is 32.7 Å². The van der Waals surface area contributed by atoms with E-state index in [-0.39, 0.29) is 29.4 Å². The van der Waals surface area contributed by atoms with Crippen molar-refractivity contribution < 1.29 is 4.74 Å². The molecule has 7 heteroatoms. The maximum Gasteiger partial charge on any atom is 0.193 e. The maximum atomic E-state index is 5.55. The number of halogens is 1. The molecule has 0 radical (unpaired) electrons. The molecule has 0 spiro atoms. The van der Waals surface area contributed by atoms with Crippen molar-refractivity contribution in [2.75, 3.05) is 39.9 Å². The van der Waals surface area contributed by atoms with E-state index < -0.39 is 0 Å². The molecule has 3 heterocycles. The summed E-state index contributed by atoms with van der Waals surface area (Å²) in [4.78, 5) is 11.1. The molecular formula is C17H30IN5O. The standard InChI is InChI=1S/C17H29N5O.HI/c1-14-4-7-21(10-15(14)22-8-6-19-13-22)16(18-3)20-11-17(2)5-9-23-12-17;/h6,8,13-15H,4-5,7,9-12H2,1-3H3,(H,18,20);1H. The summed E-state index contributed by atoms with van der Waals surface area (Å²) in [5.74, 6) is 1.66. The number of aromatic nitrogens is 2. The minimum absolute atomic E-state index is 0. The minimum atomic E-state index is 0. The van der Waals surface area contributed by atoms with Crippen molar-refractivity contribution in [2.24, 2.45) is 16.3 Å². The zero-order valence-electron chi connectivity index (χ0n) is 14.9. The van der Waals surface area contributed by atoms with Crippen molar-refractivity contribution in [1.82, 2.24) is 19.8 Å². The van der Waals surface area contributed by atoms with Crippen molar-refractivity contribution in [1.29, 1.82) is 0 Å². The van der Waals surface area contributed by atoms with Gasteiger partial charge in [0.05, 0.1) is 19.0 Å². The van der Waals surface area contributed by atoms with Gasteiger partial charge >= 0.3 is 0 Å². The third-order valence-corrected chi connectivity index (χ3v) is 5.31. The van der Waals surface area contributed by atoms with E-state index in [1.54, 1.807) is 0 Å². The average molecular weight is 447 g/mol. The van der Waals surface area contributed by atoms with Gasteiger partial charge in [-0.15, -0.1) is 24.0 Å². The lowest BCUT2D eigenvalue weighted by atomic mass is 9.90. The summed E-state index contributed by atoms with van der Waals surface area (Å²) in [7, 11) is 1.88. The lowest BCUT2D eigenvalue weighted by Gasteiger charge is -2.39. The molecular weight excluding hydrogens is 417 g/mol. The van der Waals surface area contributed by atoms with Gasteiger partial charge in [0.15, 0.2) is 5.96 Å². The predicted octanol–water partition coefficient (Wildman–Crippen LogP) is 2.39. The van der Waals surface area contributed by atoms with E-state index in [1.165, 1.54) is 6.42 Å². The molecule has 1 aromatic rings. The van der Waals surface area contributed by atoms with Gasteiger partial charge in [0.1, 0.15) is 0 Å². The van der Waals surface area contributed by atoms with E-state index >= 15 is 0 Å². The quantitative estimate of drug-likeness (QED) is 0.439. The molecule has 1 aromatic heterocycles. The monoisotopic (exact) mass is 447 g/mol. The first-order valence-corrected chi connectivity index (χ1v) is 8.62. The normalized spacial score (nSPS) is 31.0. The molecule has 3 atom stereocenters. The Labute approximate surface area is 162 Å². The van der Waals surface area contributed by atoms with Gasteiger partial charge in [-0.25, -0.2) is 4.98 Å². The second kappa shape index (κ2) is 8.51. The van der Waals surface area contributed by atoms with Crippen LogP contribution in [0.4, 0.5) is 0 Å². The molecule has 1 N–H and O–H groups in total. The van der Waals surface area contributed by atoms with Crippen LogP contribution in [0.5, 0.6) is 0 Å². The number of likely N-dealkylation sites (tertiary alicyclic amines) is 1. The van der Waals surface area contributed by atoms with E-state index in [1.807, 2.05) is 19.6 Å². The Morgan fingerprint density at radius 2 is 2.33 bits per heavy atom. The Balaban J connectivity index is 0.00000208. The molecule has 2 aliphatic heterocycles. The van der Waals surface area contributed by atoms with Gasteiger partial charge in [0, 0.05) is 51.1 Å². The highest BCUT2D eigenvalue weighted by Crippen LogP contribution is 2.29. The van der Waals surface area contributed by atoms with Crippen LogP contribution in [0.2, 0.25) is 0 Å². The number of hydrogen-bond acceptors (Lipinski definition) is 3. The predicted molar refractivity (Wildman–Crippen MR) is 107 cm³/mol. The molecule has 0 amide bonds. The van der Waals surface area contributed by atoms with Crippen molar-refractivity contribution in [3.8, 4) is 0 Å². The summed E-state index contributed by atoms with van der Waals surface area (Å²) in [5, 5.41) is 3.57. The number of nitrogens with one attached hydrogen (secondary N) is 1. The Morgan fingerprint density at radius 3 is 2.96 bits per heavy atom. The summed E-state index contributed by atoms with van der Waals surface area (Å²) in [6.45, 7) is 9.28. The molecule has 3 rings (SSSR count). The van der Waals surface area contributed by atoms with Crippen molar-refractivity contribution in [3.05, 3.63) is 18.7 Å². The van der Waals surface area contributed by atoms with E-state index in [9.17, 15) is 0 Å². The molecule has 24 heavy (non-hydrogen) atoms. The van der Waals surface area contributed by atoms with Crippen molar-refractivity contribution in [2.45, 2.75) is 32.7 Å². The number of piperidine rings is 1. The fourth-order valence-corrected chi connectivity index (χ4v) is 3.57. The van der Waals surface area contributed by atoms with Crippen LogP contribution in [0.15, 0.2) is 23.7 Å². The van der Waals surface area contributed by atoms with Gasteiger partial charge in [0.25, 0.3) is 0 Å². The SMILES string of the molecule is CN=C(NCC1(C)CCOC1)N1CCC(C)C(n2ccnc2)C1.I. The van der Waals surface area contributed by atoms with Gasteiger partial charge in [-0.1, -0.05) is 13.8 Å². The fraction of sp³-hybridized carbons (Fsp3) is 0.765. The van der Waals surface area contributed by atoms with Crippen LogP contribution in [-0.4, -0.2) is 60.3 Å². The van der Waals surface area contributed by atoms with E-state index in [2.05, 4.69) is 44.8 Å². The third kappa shape index (κ3) is 4.41. The molecule has 2 fully saturated rings. The van der Waals surface area contributed by atoms with Crippen LogP contribution in [0, 0.1) is 11.3 Å². The van der Waals surface area contributed by atoms with Crippen LogP contribution < -0.4 is 5.32 Å².